The maximum atomic E-state index is 12.8. The summed E-state index contributed by atoms with van der Waals surface area (Å²) in [4.78, 5) is 26.7. The number of esters is 1. The molecule has 1 heterocycles. The Labute approximate surface area is 143 Å². The number of piperidine rings is 1. The van der Waals surface area contributed by atoms with E-state index < -0.39 is 5.41 Å². The summed E-state index contributed by atoms with van der Waals surface area (Å²) in [6.07, 6.45) is 2.12. The molecular weight excluding hydrogens is 306 g/mol. The number of hydrogen-bond donors (Lipinski definition) is 0. The molecule has 1 fully saturated rings. The second-order valence-corrected chi connectivity index (χ2v) is 6.46. The number of benzene rings is 1. The van der Waals surface area contributed by atoms with Crippen LogP contribution in [0.25, 0.3) is 0 Å². The van der Waals surface area contributed by atoms with Crippen molar-refractivity contribution in [1.82, 2.24) is 4.90 Å². The Morgan fingerprint density at radius 1 is 1.29 bits per heavy atom. The Balaban J connectivity index is 2.28. The molecule has 5 heteroatoms. The van der Waals surface area contributed by atoms with Gasteiger partial charge in [0, 0.05) is 20.2 Å². The van der Waals surface area contributed by atoms with Crippen LogP contribution in [0, 0.1) is 12.3 Å². The van der Waals surface area contributed by atoms with E-state index in [1.54, 1.807) is 4.90 Å². The van der Waals surface area contributed by atoms with Gasteiger partial charge < -0.3 is 14.4 Å². The topological polar surface area (TPSA) is 55.8 Å². The highest BCUT2D eigenvalue weighted by Gasteiger charge is 2.44. The molecule has 1 saturated heterocycles. The fraction of sp³-hybridized carbons (Fsp3) is 0.579. The first-order chi connectivity index (χ1) is 11.5. The van der Waals surface area contributed by atoms with Crippen LogP contribution in [0.2, 0.25) is 0 Å². The SMILES string of the molecule is CCOC(=O)[C@@]1(Cc2ccccc2C)CCCN(C(=O)COC)C1. The molecule has 1 aromatic carbocycles. The number of carbonyl (C=O) groups is 2. The smallest absolute Gasteiger partial charge is 0.314 e. The van der Waals surface area contributed by atoms with Gasteiger partial charge in [-0.15, -0.1) is 0 Å². The zero-order chi connectivity index (χ0) is 17.6. The Morgan fingerprint density at radius 2 is 2.04 bits per heavy atom. The summed E-state index contributed by atoms with van der Waals surface area (Å²) in [6.45, 7) is 5.31. The van der Waals surface area contributed by atoms with Gasteiger partial charge >= 0.3 is 5.97 Å². The summed E-state index contributed by atoms with van der Waals surface area (Å²) in [5, 5.41) is 0. The first kappa shape index (κ1) is 18.5. The van der Waals surface area contributed by atoms with E-state index in [0.717, 1.165) is 24.0 Å². The Bertz CT molecular complexity index is 586. The Morgan fingerprint density at radius 3 is 2.71 bits per heavy atom. The molecule has 24 heavy (non-hydrogen) atoms. The number of aryl methyl sites for hydroxylation is 1. The van der Waals surface area contributed by atoms with Crippen LogP contribution in [0.1, 0.15) is 30.9 Å². The molecule has 0 spiro atoms. The molecule has 1 aliphatic rings. The predicted octanol–water partition coefficient (Wildman–Crippen LogP) is 2.36. The normalized spacial score (nSPS) is 20.7. The van der Waals surface area contributed by atoms with Gasteiger partial charge in [0.05, 0.1) is 12.0 Å². The van der Waals surface area contributed by atoms with Crippen molar-refractivity contribution in [2.45, 2.75) is 33.1 Å². The summed E-state index contributed by atoms with van der Waals surface area (Å²) in [6, 6.07) is 8.07. The number of nitrogens with zero attached hydrogens (tertiary/aromatic N) is 1. The zero-order valence-corrected chi connectivity index (χ0v) is 14.8. The van der Waals surface area contributed by atoms with E-state index in [4.69, 9.17) is 9.47 Å². The number of rotatable bonds is 6. The van der Waals surface area contributed by atoms with Gasteiger partial charge in [0.25, 0.3) is 0 Å². The van der Waals surface area contributed by atoms with Gasteiger partial charge in [0.2, 0.25) is 5.91 Å². The molecule has 2 rings (SSSR count). The van der Waals surface area contributed by atoms with Crippen molar-refractivity contribution in [1.29, 1.82) is 0 Å². The van der Waals surface area contributed by atoms with Crippen molar-refractivity contribution >= 4 is 11.9 Å². The van der Waals surface area contributed by atoms with E-state index in [2.05, 4.69) is 0 Å². The first-order valence-electron chi connectivity index (χ1n) is 8.51. The van der Waals surface area contributed by atoms with Gasteiger partial charge in [0.1, 0.15) is 6.61 Å². The van der Waals surface area contributed by atoms with Gasteiger partial charge in [-0.25, -0.2) is 0 Å². The number of amides is 1. The van der Waals surface area contributed by atoms with Crippen LogP contribution in [0.4, 0.5) is 0 Å². The van der Waals surface area contributed by atoms with Crippen LogP contribution >= 0.6 is 0 Å². The molecule has 0 bridgehead atoms. The van der Waals surface area contributed by atoms with Crippen LogP contribution in [-0.2, 0) is 25.5 Å². The Kier molecular flexibility index (Phi) is 6.37. The van der Waals surface area contributed by atoms with Crippen molar-refractivity contribution in [3.8, 4) is 0 Å². The van der Waals surface area contributed by atoms with Crippen molar-refractivity contribution in [3.05, 3.63) is 35.4 Å². The molecule has 132 valence electrons. The lowest BCUT2D eigenvalue weighted by molar-refractivity contribution is -0.161. The Hall–Kier alpha value is -1.88. The maximum absolute atomic E-state index is 12.8. The van der Waals surface area contributed by atoms with Crippen molar-refractivity contribution < 1.29 is 19.1 Å². The number of hydrogen-bond acceptors (Lipinski definition) is 4. The molecule has 1 amide bonds. The van der Waals surface area contributed by atoms with Crippen LogP contribution < -0.4 is 0 Å². The summed E-state index contributed by atoms with van der Waals surface area (Å²) < 4.78 is 10.3. The monoisotopic (exact) mass is 333 g/mol. The quantitative estimate of drug-likeness (QED) is 0.750. The molecule has 0 N–H and O–H groups in total. The lowest BCUT2D eigenvalue weighted by Crippen LogP contribution is -2.52. The van der Waals surface area contributed by atoms with E-state index in [1.165, 1.54) is 7.11 Å². The molecule has 0 saturated carbocycles. The highest BCUT2D eigenvalue weighted by molar-refractivity contribution is 5.81. The van der Waals surface area contributed by atoms with Gasteiger partial charge in [-0.3, -0.25) is 9.59 Å². The highest BCUT2D eigenvalue weighted by Crippen LogP contribution is 2.36. The van der Waals surface area contributed by atoms with E-state index in [0.29, 0.717) is 26.1 Å². The maximum Gasteiger partial charge on any atom is 0.314 e. The second kappa shape index (κ2) is 8.29. The largest absolute Gasteiger partial charge is 0.466 e. The third-order valence-corrected chi connectivity index (χ3v) is 4.70. The second-order valence-electron chi connectivity index (χ2n) is 6.46. The first-order valence-corrected chi connectivity index (χ1v) is 8.51. The van der Waals surface area contributed by atoms with Crippen molar-refractivity contribution in [2.24, 2.45) is 5.41 Å². The van der Waals surface area contributed by atoms with E-state index in [9.17, 15) is 9.59 Å². The van der Waals surface area contributed by atoms with Gasteiger partial charge in [-0.2, -0.15) is 0 Å². The van der Waals surface area contributed by atoms with Crippen molar-refractivity contribution in [3.63, 3.8) is 0 Å². The fourth-order valence-electron chi connectivity index (χ4n) is 3.40. The highest BCUT2D eigenvalue weighted by atomic mass is 16.5. The molecule has 1 aliphatic heterocycles. The minimum Gasteiger partial charge on any atom is -0.466 e. The molecule has 1 atom stereocenters. The zero-order valence-electron chi connectivity index (χ0n) is 14.8. The predicted molar refractivity (Wildman–Crippen MR) is 91.6 cm³/mol. The van der Waals surface area contributed by atoms with Gasteiger partial charge in [-0.1, -0.05) is 24.3 Å². The molecule has 0 aromatic heterocycles. The van der Waals surface area contributed by atoms with Crippen LogP contribution in [0.5, 0.6) is 0 Å². The van der Waals surface area contributed by atoms with E-state index in [1.807, 2.05) is 38.1 Å². The van der Waals surface area contributed by atoms with Gasteiger partial charge in [-0.05, 0) is 44.2 Å². The van der Waals surface area contributed by atoms with Crippen LogP contribution in [0.15, 0.2) is 24.3 Å². The molecule has 0 radical (unpaired) electrons. The molecule has 0 unspecified atom stereocenters. The van der Waals surface area contributed by atoms with Crippen molar-refractivity contribution in [2.75, 3.05) is 33.4 Å². The average Bonchev–Trinajstić information content (AvgIpc) is 2.57. The summed E-state index contributed by atoms with van der Waals surface area (Å²) in [7, 11) is 1.51. The summed E-state index contributed by atoms with van der Waals surface area (Å²) in [5.74, 6) is -0.279. The minimum atomic E-state index is -0.677. The molecule has 1 aromatic rings. The summed E-state index contributed by atoms with van der Waals surface area (Å²) >= 11 is 0. The standard InChI is InChI=1S/C19H27NO4/c1-4-24-18(22)19(12-16-9-6-5-8-15(16)2)10-7-11-20(14-19)17(21)13-23-3/h5-6,8-9H,4,7,10-14H2,1-3H3/t19-/m1/s1. The van der Waals surface area contributed by atoms with E-state index >= 15 is 0 Å². The van der Waals surface area contributed by atoms with E-state index in [-0.39, 0.29) is 18.5 Å². The number of carbonyl (C=O) groups excluding carboxylic acids is 2. The van der Waals surface area contributed by atoms with Gasteiger partial charge in [0.15, 0.2) is 0 Å². The third-order valence-electron chi connectivity index (χ3n) is 4.70. The average molecular weight is 333 g/mol. The van der Waals surface area contributed by atoms with Crippen LogP contribution in [-0.4, -0.2) is 50.2 Å². The number of likely N-dealkylation sites (tertiary alicyclic amines) is 1. The third kappa shape index (κ3) is 4.15. The minimum absolute atomic E-state index is 0.0449. The molecule has 0 aliphatic carbocycles. The lowest BCUT2D eigenvalue weighted by atomic mass is 9.74. The summed E-state index contributed by atoms with van der Waals surface area (Å²) in [5.41, 5.74) is 1.61. The molecule has 5 nitrogen and oxygen atoms in total. The van der Waals surface area contributed by atoms with Crippen LogP contribution in [0.3, 0.4) is 0 Å². The fourth-order valence-corrected chi connectivity index (χ4v) is 3.40. The number of methoxy groups -OCH3 is 1. The molecular formula is C19H27NO4. The number of ether oxygens (including phenoxy) is 2. The lowest BCUT2D eigenvalue weighted by Gasteiger charge is -2.41.